The van der Waals surface area contributed by atoms with Crippen molar-refractivity contribution in [2.45, 2.75) is 0 Å². The van der Waals surface area contributed by atoms with Crippen LogP contribution in [0, 0.1) is 0 Å². The largest absolute Gasteiger partial charge is 0.292 e. The second-order valence-electron chi connectivity index (χ2n) is 2.55. The van der Waals surface area contributed by atoms with Gasteiger partial charge in [0.25, 0.3) is 0 Å². The second-order valence-corrected chi connectivity index (χ2v) is 2.55. The fourth-order valence-electron chi connectivity index (χ4n) is 0.884. The predicted molar refractivity (Wildman–Crippen MR) is 47.4 cm³/mol. The standard InChI is InChI=1S/C9H8N2O3/c12-6-11(7-13)5-9(14)8-2-1-3-10-4-8/h1-4,6-7H,5H2. The number of rotatable bonds is 5. The van der Waals surface area contributed by atoms with Crippen molar-refractivity contribution in [1.29, 1.82) is 0 Å². The molecule has 1 heterocycles. The molecule has 1 aromatic rings. The molecule has 1 rings (SSSR count). The van der Waals surface area contributed by atoms with Crippen molar-refractivity contribution < 1.29 is 14.4 Å². The molecule has 0 saturated heterocycles. The van der Waals surface area contributed by atoms with Crippen LogP contribution >= 0.6 is 0 Å². The van der Waals surface area contributed by atoms with E-state index in [1.54, 1.807) is 12.1 Å². The number of ketones is 1. The average molecular weight is 192 g/mol. The van der Waals surface area contributed by atoms with E-state index in [1.807, 2.05) is 0 Å². The highest BCUT2D eigenvalue weighted by molar-refractivity contribution is 5.99. The van der Waals surface area contributed by atoms with Crippen molar-refractivity contribution in [3.8, 4) is 0 Å². The van der Waals surface area contributed by atoms with Gasteiger partial charge >= 0.3 is 0 Å². The van der Waals surface area contributed by atoms with Crippen molar-refractivity contribution in [3.63, 3.8) is 0 Å². The van der Waals surface area contributed by atoms with Crippen LogP contribution in [0.5, 0.6) is 0 Å². The van der Waals surface area contributed by atoms with Crippen molar-refractivity contribution >= 4 is 18.6 Å². The Morgan fingerprint density at radius 3 is 2.64 bits per heavy atom. The van der Waals surface area contributed by atoms with Gasteiger partial charge in [0.05, 0.1) is 6.54 Å². The first kappa shape index (κ1) is 10.0. The number of aromatic nitrogens is 1. The third-order valence-electron chi connectivity index (χ3n) is 1.58. The third kappa shape index (κ3) is 2.48. The molecule has 0 saturated carbocycles. The lowest BCUT2D eigenvalue weighted by atomic mass is 10.2. The Hall–Kier alpha value is -2.04. The zero-order valence-corrected chi connectivity index (χ0v) is 7.29. The molecule has 2 amide bonds. The molecule has 0 aliphatic carbocycles. The van der Waals surface area contributed by atoms with Gasteiger partial charge in [-0.15, -0.1) is 0 Å². The van der Waals surface area contributed by atoms with Crippen LogP contribution in [0.25, 0.3) is 0 Å². The summed E-state index contributed by atoms with van der Waals surface area (Å²) in [7, 11) is 0. The number of nitrogens with zero attached hydrogens (tertiary/aromatic N) is 2. The van der Waals surface area contributed by atoms with Gasteiger partial charge in [0, 0.05) is 18.0 Å². The molecule has 0 radical (unpaired) electrons. The molecule has 0 aliphatic heterocycles. The summed E-state index contributed by atoms with van der Waals surface area (Å²) in [5.74, 6) is -0.322. The van der Waals surface area contributed by atoms with Crippen molar-refractivity contribution in [3.05, 3.63) is 30.1 Å². The maximum atomic E-state index is 11.4. The Morgan fingerprint density at radius 2 is 2.14 bits per heavy atom. The van der Waals surface area contributed by atoms with Gasteiger partial charge in [-0.2, -0.15) is 0 Å². The molecular weight excluding hydrogens is 184 g/mol. The van der Waals surface area contributed by atoms with Crippen LogP contribution in [0.15, 0.2) is 24.5 Å². The first-order valence-corrected chi connectivity index (χ1v) is 3.87. The summed E-state index contributed by atoms with van der Waals surface area (Å²) in [6, 6.07) is 3.18. The second kappa shape index (κ2) is 4.86. The van der Waals surface area contributed by atoms with Gasteiger partial charge in [0.15, 0.2) is 5.78 Å². The van der Waals surface area contributed by atoms with Crippen LogP contribution in [0.4, 0.5) is 0 Å². The summed E-state index contributed by atoms with van der Waals surface area (Å²) >= 11 is 0. The Morgan fingerprint density at radius 1 is 1.43 bits per heavy atom. The molecule has 14 heavy (non-hydrogen) atoms. The van der Waals surface area contributed by atoms with Gasteiger partial charge in [0.2, 0.25) is 12.8 Å². The number of amides is 2. The fraction of sp³-hybridized carbons (Fsp3) is 0.111. The molecule has 0 aliphatic rings. The van der Waals surface area contributed by atoms with Crippen molar-refractivity contribution in [2.75, 3.05) is 6.54 Å². The van der Waals surface area contributed by atoms with Crippen molar-refractivity contribution in [1.82, 2.24) is 9.88 Å². The van der Waals surface area contributed by atoms with Crippen LogP contribution in [0.3, 0.4) is 0 Å². The van der Waals surface area contributed by atoms with E-state index in [4.69, 9.17) is 0 Å². The lowest BCUT2D eigenvalue weighted by molar-refractivity contribution is -0.128. The molecule has 72 valence electrons. The van der Waals surface area contributed by atoms with Gasteiger partial charge in [0.1, 0.15) is 0 Å². The van der Waals surface area contributed by atoms with E-state index < -0.39 is 0 Å². The molecule has 5 nitrogen and oxygen atoms in total. The molecule has 5 heteroatoms. The minimum atomic E-state index is -0.322. The number of imide groups is 1. The van der Waals surface area contributed by atoms with Crippen LogP contribution in [-0.4, -0.2) is 35.0 Å². The lowest BCUT2D eigenvalue weighted by Crippen LogP contribution is -2.27. The van der Waals surface area contributed by atoms with Gasteiger partial charge in [-0.3, -0.25) is 24.3 Å². The topological polar surface area (TPSA) is 67.3 Å². The Balaban J connectivity index is 2.67. The number of pyridine rings is 1. The molecule has 0 bridgehead atoms. The number of carbonyl (C=O) groups excluding carboxylic acids is 3. The smallest absolute Gasteiger partial charge is 0.216 e. The fourth-order valence-corrected chi connectivity index (χ4v) is 0.884. The minimum absolute atomic E-state index is 0.251. The Labute approximate surface area is 80.4 Å². The molecule has 0 unspecified atom stereocenters. The summed E-state index contributed by atoms with van der Waals surface area (Å²) < 4.78 is 0. The first-order valence-electron chi connectivity index (χ1n) is 3.87. The summed E-state index contributed by atoms with van der Waals surface area (Å²) in [4.78, 5) is 36.3. The minimum Gasteiger partial charge on any atom is -0.292 e. The molecule has 1 aromatic heterocycles. The highest BCUT2D eigenvalue weighted by Gasteiger charge is 2.09. The Kier molecular flexibility index (Phi) is 3.49. The molecular formula is C9H8N2O3. The van der Waals surface area contributed by atoms with E-state index in [-0.39, 0.29) is 12.3 Å². The Bertz CT molecular complexity index is 329. The van der Waals surface area contributed by atoms with Gasteiger partial charge < -0.3 is 0 Å². The van der Waals surface area contributed by atoms with Gasteiger partial charge in [-0.1, -0.05) is 0 Å². The average Bonchev–Trinajstić information content (AvgIpc) is 2.26. The van der Waals surface area contributed by atoms with E-state index in [1.165, 1.54) is 12.4 Å². The molecule has 0 atom stereocenters. The predicted octanol–water partition coefficient (Wildman–Crippen LogP) is -0.121. The lowest BCUT2D eigenvalue weighted by Gasteiger charge is -2.06. The number of hydrogen-bond donors (Lipinski definition) is 0. The summed E-state index contributed by atoms with van der Waals surface area (Å²) in [5.41, 5.74) is 0.376. The zero-order chi connectivity index (χ0) is 10.4. The number of carbonyl (C=O) groups is 3. The summed E-state index contributed by atoms with van der Waals surface area (Å²) in [5, 5.41) is 0. The maximum absolute atomic E-state index is 11.4. The molecule has 0 fully saturated rings. The van der Waals surface area contributed by atoms with E-state index in [2.05, 4.69) is 4.98 Å². The highest BCUT2D eigenvalue weighted by Crippen LogP contribution is 1.97. The summed E-state index contributed by atoms with van der Waals surface area (Å²) in [6.45, 7) is -0.251. The van der Waals surface area contributed by atoms with Gasteiger partial charge in [-0.25, -0.2) is 0 Å². The molecule has 0 spiro atoms. The van der Waals surface area contributed by atoms with E-state index in [0.29, 0.717) is 18.4 Å². The van der Waals surface area contributed by atoms with Crippen LogP contribution in [0.1, 0.15) is 10.4 Å². The first-order chi connectivity index (χ1) is 6.77. The van der Waals surface area contributed by atoms with E-state index >= 15 is 0 Å². The quantitative estimate of drug-likeness (QED) is 0.481. The third-order valence-corrected chi connectivity index (χ3v) is 1.58. The van der Waals surface area contributed by atoms with Crippen LogP contribution in [-0.2, 0) is 9.59 Å². The van der Waals surface area contributed by atoms with Gasteiger partial charge in [-0.05, 0) is 12.1 Å². The van der Waals surface area contributed by atoms with E-state index in [0.717, 1.165) is 4.90 Å². The maximum Gasteiger partial charge on any atom is 0.216 e. The zero-order valence-electron chi connectivity index (χ0n) is 7.29. The SMILES string of the molecule is O=CN(C=O)CC(=O)c1cccnc1. The monoisotopic (exact) mass is 192 g/mol. The summed E-state index contributed by atoms with van der Waals surface area (Å²) in [6.07, 6.45) is 3.53. The number of Topliss-reactive ketones (excluding diaryl/α,β-unsaturated/α-hetero) is 1. The van der Waals surface area contributed by atoms with Crippen LogP contribution < -0.4 is 0 Å². The molecule has 0 aromatic carbocycles. The van der Waals surface area contributed by atoms with Crippen molar-refractivity contribution in [2.24, 2.45) is 0 Å². The number of hydrogen-bond acceptors (Lipinski definition) is 4. The van der Waals surface area contributed by atoms with Crippen LogP contribution in [0.2, 0.25) is 0 Å². The highest BCUT2D eigenvalue weighted by atomic mass is 16.2. The van der Waals surface area contributed by atoms with E-state index in [9.17, 15) is 14.4 Å². The normalized spacial score (nSPS) is 9.14. The molecule has 0 N–H and O–H groups in total.